The van der Waals surface area contributed by atoms with Crippen LogP contribution in [0.4, 0.5) is 0 Å². The molecule has 0 amide bonds. The maximum absolute atomic E-state index is 11.3. The molecule has 1 aromatic rings. The van der Waals surface area contributed by atoms with Gasteiger partial charge in [-0.25, -0.2) is 0 Å². The van der Waals surface area contributed by atoms with Crippen LogP contribution in [0.3, 0.4) is 0 Å². The number of allylic oxidation sites excluding steroid dienone is 2. The van der Waals surface area contributed by atoms with Crippen molar-refractivity contribution >= 4 is 33.3 Å². The average molecular weight is 342 g/mol. The van der Waals surface area contributed by atoms with E-state index in [1.807, 2.05) is 24.3 Å². The number of ketones is 1. The second-order valence-electron chi connectivity index (χ2n) is 4.38. The molecule has 2 aliphatic rings. The summed E-state index contributed by atoms with van der Waals surface area (Å²) >= 11 is 9.27. The normalized spacial score (nSPS) is 29.9. The van der Waals surface area contributed by atoms with E-state index in [0.29, 0.717) is 6.61 Å². The van der Waals surface area contributed by atoms with Crippen LogP contribution >= 0.6 is 27.5 Å². The maximum atomic E-state index is 11.3. The van der Waals surface area contributed by atoms with Crippen LogP contribution in [0.1, 0.15) is 11.7 Å². The van der Waals surface area contributed by atoms with Crippen molar-refractivity contribution in [1.29, 1.82) is 0 Å². The largest absolute Gasteiger partial charge is 0.340 e. The lowest BCUT2D eigenvalue weighted by atomic mass is 10.1. The number of rotatable bonds is 1. The molecule has 0 unspecified atom stereocenters. The van der Waals surface area contributed by atoms with Crippen LogP contribution in [-0.2, 0) is 14.3 Å². The van der Waals surface area contributed by atoms with Gasteiger partial charge in [0, 0.05) is 10.5 Å². The first-order chi connectivity index (χ1) is 9.08. The van der Waals surface area contributed by atoms with E-state index in [1.165, 1.54) is 12.2 Å². The Morgan fingerprint density at radius 3 is 3.00 bits per heavy atom. The monoisotopic (exact) mass is 340 g/mol. The molecule has 1 aliphatic heterocycles. The summed E-state index contributed by atoms with van der Waals surface area (Å²) in [6.45, 7) is 0.412. The fourth-order valence-corrected chi connectivity index (χ4v) is 2.73. The number of hydrogen-bond donors (Lipinski definition) is 0. The van der Waals surface area contributed by atoms with Gasteiger partial charge in [-0.1, -0.05) is 39.7 Å². The average Bonchev–Trinajstić information content (AvgIpc) is 2.79. The lowest BCUT2D eigenvalue weighted by Crippen LogP contribution is -2.28. The van der Waals surface area contributed by atoms with E-state index in [-0.39, 0.29) is 16.9 Å². The third-order valence-electron chi connectivity index (χ3n) is 3.04. The zero-order chi connectivity index (χ0) is 13.5. The summed E-state index contributed by atoms with van der Waals surface area (Å²) in [5.74, 6) is -1.25. The Morgan fingerprint density at radius 1 is 1.42 bits per heavy atom. The molecule has 3 nitrogen and oxygen atoms in total. The first kappa shape index (κ1) is 13.1. The number of carbonyl (C=O) groups is 1. The molecular weight excluding hydrogens is 332 g/mol. The van der Waals surface area contributed by atoms with Crippen molar-refractivity contribution < 1.29 is 14.3 Å². The minimum Gasteiger partial charge on any atom is -0.340 e. The highest BCUT2D eigenvalue weighted by Crippen LogP contribution is 2.38. The van der Waals surface area contributed by atoms with E-state index < -0.39 is 5.79 Å². The second kappa shape index (κ2) is 4.87. The molecule has 1 heterocycles. The van der Waals surface area contributed by atoms with Crippen molar-refractivity contribution in [2.75, 3.05) is 6.61 Å². The first-order valence-corrected chi connectivity index (χ1v) is 6.94. The predicted molar refractivity (Wildman–Crippen MR) is 74.7 cm³/mol. The van der Waals surface area contributed by atoms with Crippen molar-refractivity contribution in [3.63, 3.8) is 0 Å². The van der Waals surface area contributed by atoms with Crippen LogP contribution in [0.25, 0.3) is 0 Å². The van der Waals surface area contributed by atoms with Crippen molar-refractivity contribution in [2.45, 2.75) is 11.9 Å². The van der Waals surface area contributed by atoms with Crippen LogP contribution < -0.4 is 0 Å². The Morgan fingerprint density at radius 2 is 2.26 bits per heavy atom. The van der Waals surface area contributed by atoms with Crippen LogP contribution in [0.5, 0.6) is 0 Å². The highest BCUT2D eigenvalue weighted by atomic mass is 79.9. The van der Waals surface area contributed by atoms with Crippen LogP contribution in [0.2, 0.25) is 0 Å². The minimum atomic E-state index is -1.02. The third kappa shape index (κ3) is 2.54. The van der Waals surface area contributed by atoms with Gasteiger partial charge in [0.05, 0.1) is 11.6 Å². The Kier molecular flexibility index (Phi) is 3.35. The molecule has 98 valence electrons. The molecule has 1 spiro atoms. The summed E-state index contributed by atoms with van der Waals surface area (Å²) in [6, 6.07) is 7.85. The summed E-state index contributed by atoms with van der Waals surface area (Å²) in [5.41, 5.74) is 1.01. The SMILES string of the molecule is O=C1C=C[C@]2(C=C1Cl)OC[C@H](c1cccc(Br)c1)O2. The molecular formula is C14H10BrClO3. The molecule has 1 aliphatic carbocycles. The van der Waals surface area contributed by atoms with Gasteiger partial charge in [-0.3, -0.25) is 4.79 Å². The number of carbonyl (C=O) groups excluding carboxylic acids is 1. The molecule has 19 heavy (non-hydrogen) atoms. The van der Waals surface area contributed by atoms with Gasteiger partial charge in [-0.05, 0) is 29.8 Å². The third-order valence-corrected chi connectivity index (χ3v) is 3.83. The lowest BCUT2D eigenvalue weighted by Gasteiger charge is -2.23. The maximum Gasteiger partial charge on any atom is 0.211 e. The van der Waals surface area contributed by atoms with Gasteiger partial charge in [0.15, 0.2) is 5.78 Å². The Hall–Kier alpha value is -0.940. The molecule has 1 fully saturated rings. The molecule has 3 rings (SSSR count). The van der Waals surface area contributed by atoms with E-state index in [9.17, 15) is 4.79 Å². The van der Waals surface area contributed by atoms with E-state index in [2.05, 4.69) is 15.9 Å². The molecule has 1 saturated heterocycles. The highest BCUT2D eigenvalue weighted by Gasteiger charge is 2.41. The van der Waals surface area contributed by atoms with Gasteiger partial charge in [0.2, 0.25) is 5.79 Å². The highest BCUT2D eigenvalue weighted by molar-refractivity contribution is 9.10. The van der Waals surface area contributed by atoms with Crippen molar-refractivity contribution in [2.24, 2.45) is 0 Å². The standard InChI is InChI=1S/C14H10BrClO3/c15-10-3-1-2-9(6-10)13-8-18-14(19-13)5-4-12(17)11(16)7-14/h1-7,13H,8H2/t13-,14+/m1/s1. The number of ether oxygens (including phenoxy) is 2. The van der Waals surface area contributed by atoms with Crippen molar-refractivity contribution in [3.05, 3.63) is 57.6 Å². The molecule has 0 radical (unpaired) electrons. The summed E-state index contributed by atoms with van der Waals surface area (Å²) in [7, 11) is 0. The Labute approximate surface area is 124 Å². The lowest BCUT2D eigenvalue weighted by molar-refractivity contribution is -0.114. The Balaban J connectivity index is 1.85. The fourth-order valence-electron chi connectivity index (χ4n) is 2.10. The van der Waals surface area contributed by atoms with Gasteiger partial charge in [-0.15, -0.1) is 0 Å². The zero-order valence-corrected chi connectivity index (χ0v) is 12.1. The topological polar surface area (TPSA) is 35.5 Å². The van der Waals surface area contributed by atoms with E-state index in [0.717, 1.165) is 10.0 Å². The minimum absolute atomic E-state index is 0.123. The molecule has 0 N–H and O–H groups in total. The molecule has 0 aromatic heterocycles. The van der Waals surface area contributed by atoms with Crippen LogP contribution in [-0.4, -0.2) is 18.2 Å². The zero-order valence-electron chi connectivity index (χ0n) is 9.81. The molecule has 0 saturated carbocycles. The molecule has 0 bridgehead atoms. The fraction of sp³-hybridized carbons (Fsp3) is 0.214. The quantitative estimate of drug-likeness (QED) is 0.784. The predicted octanol–water partition coefficient (Wildman–Crippen LogP) is 3.49. The van der Waals surface area contributed by atoms with Crippen LogP contribution in [0.15, 0.2) is 52.0 Å². The molecule has 1 aromatic carbocycles. The summed E-state index contributed by atoms with van der Waals surface area (Å²) < 4.78 is 12.6. The van der Waals surface area contributed by atoms with Crippen molar-refractivity contribution in [1.82, 2.24) is 0 Å². The van der Waals surface area contributed by atoms with Gasteiger partial charge in [0.25, 0.3) is 0 Å². The van der Waals surface area contributed by atoms with E-state index >= 15 is 0 Å². The number of benzene rings is 1. The van der Waals surface area contributed by atoms with E-state index in [1.54, 1.807) is 6.08 Å². The van der Waals surface area contributed by atoms with Gasteiger partial charge in [-0.2, -0.15) is 0 Å². The van der Waals surface area contributed by atoms with Gasteiger partial charge < -0.3 is 9.47 Å². The van der Waals surface area contributed by atoms with Crippen molar-refractivity contribution in [3.8, 4) is 0 Å². The molecule has 2 atom stereocenters. The molecule has 5 heteroatoms. The van der Waals surface area contributed by atoms with Crippen LogP contribution in [0, 0.1) is 0 Å². The smallest absolute Gasteiger partial charge is 0.211 e. The summed E-state index contributed by atoms with van der Waals surface area (Å²) in [6.07, 6.45) is 4.30. The van der Waals surface area contributed by atoms with Gasteiger partial charge >= 0.3 is 0 Å². The van der Waals surface area contributed by atoms with E-state index in [4.69, 9.17) is 21.1 Å². The summed E-state index contributed by atoms with van der Waals surface area (Å²) in [5, 5.41) is 0.123. The Bertz CT molecular complexity index is 596. The van der Waals surface area contributed by atoms with Gasteiger partial charge in [0.1, 0.15) is 6.10 Å². The second-order valence-corrected chi connectivity index (χ2v) is 5.71. The summed E-state index contributed by atoms with van der Waals surface area (Å²) in [4.78, 5) is 11.3. The number of hydrogen-bond acceptors (Lipinski definition) is 3. The number of halogens is 2. The first-order valence-electron chi connectivity index (χ1n) is 5.77.